The summed E-state index contributed by atoms with van der Waals surface area (Å²) >= 11 is 0. The summed E-state index contributed by atoms with van der Waals surface area (Å²) in [6, 6.07) is 8.05. The summed E-state index contributed by atoms with van der Waals surface area (Å²) in [5.74, 6) is 1.01. The molecule has 1 aliphatic heterocycles. The highest BCUT2D eigenvalue weighted by Crippen LogP contribution is 2.26. The van der Waals surface area contributed by atoms with Gasteiger partial charge in [0, 0.05) is 19.0 Å². The fourth-order valence-corrected chi connectivity index (χ4v) is 3.20. The number of amides is 1. The molecule has 0 aliphatic carbocycles. The summed E-state index contributed by atoms with van der Waals surface area (Å²) in [6.45, 7) is 0.605. The second-order valence-electron chi connectivity index (χ2n) is 6.23. The molecule has 0 spiro atoms. The average Bonchev–Trinajstić information content (AvgIpc) is 2.56. The summed E-state index contributed by atoms with van der Waals surface area (Å²) in [7, 11) is 7.13. The number of methoxy groups -OCH3 is 1. The van der Waals surface area contributed by atoms with E-state index in [2.05, 4.69) is 0 Å². The molecule has 1 aliphatic rings. The Kier molecular flexibility index (Phi) is 6.97. The first-order valence-corrected chi connectivity index (χ1v) is 8.44. The van der Waals surface area contributed by atoms with Crippen LogP contribution in [0.3, 0.4) is 0 Å². The van der Waals surface area contributed by atoms with Crippen LogP contribution in [0.1, 0.15) is 44.1 Å². The minimum Gasteiger partial charge on any atom is -0.497 e. The van der Waals surface area contributed by atoms with E-state index in [0.717, 1.165) is 30.6 Å². The van der Waals surface area contributed by atoms with Gasteiger partial charge in [-0.2, -0.15) is 0 Å². The largest absolute Gasteiger partial charge is 0.497 e. The molecular formula is C18H26BNO3. The molecule has 0 aromatic heterocycles. The summed E-state index contributed by atoms with van der Waals surface area (Å²) in [6.07, 6.45) is 4.84. The van der Waals surface area contributed by atoms with Crippen LogP contribution in [0.25, 0.3) is 0 Å². The molecule has 2 unspecified atom stereocenters. The molecule has 0 bridgehead atoms. The number of benzene rings is 1. The molecule has 5 heteroatoms. The number of hydrogen-bond donors (Lipinski definition) is 1. The number of carbonyl (C=O) groups excluding carboxylic acids is 1. The number of rotatable bonds is 8. The van der Waals surface area contributed by atoms with Crippen LogP contribution in [0.5, 0.6) is 5.75 Å². The monoisotopic (exact) mass is 315 g/mol. The maximum absolute atomic E-state index is 12.3. The lowest BCUT2D eigenvalue weighted by atomic mass is 9.92. The highest BCUT2D eigenvalue weighted by atomic mass is 16.5. The van der Waals surface area contributed by atoms with Gasteiger partial charge in [0.15, 0.2) is 0 Å². The number of nitrogens with zero attached hydrogens (tertiary/aromatic N) is 1. The first-order chi connectivity index (χ1) is 11.1. The van der Waals surface area contributed by atoms with E-state index >= 15 is 0 Å². The van der Waals surface area contributed by atoms with E-state index in [4.69, 9.17) is 12.6 Å². The smallest absolute Gasteiger partial charge is 0.223 e. The molecule has 1 saturated heterocycles. The van der Waals surface area contributed by atoms with E-state index in [0.29, 0.717) is 32.1 Å². The van der Waals surface area contributed by atoms with Gasteiger partial charge in [0.1, 0.15) is 5.75 Å². The second-order valence-corrected chi connectivity index (χ2v) is 6.23. The van der Waals surface area contributed by atoms with Crippen molar-refractivity contribution in [3.63, 3.8) is 0 Å². The Hall–Kier alpha value is -1.49. The van der Waals surface area contributed by atoms with Gasteiger partial charge in [-0.05, 0) is 49.8 Å². The number of hydrogen-bond acceptors (Lipinski definition) is 3. The van der Waals surface area contributed by atoms with Crippen LogP contribution >= 0.6 is 0 Å². The lowest BCUT2D eigenvalue weighted by Gasteiger charge is -2.36. The van der Waals surface area contributed by atoms with Gasteiger partial charge < -0.3 is 14.7 Å². The Morgan fingerprint density at radius 3 is 3.00 bits per heavy atom. The first kappa shape index (κ1) is 17.9. The van der Waals surface area contributed by atoms with Gasteiger partial charge in [-0.15, -0.1) is 0 Å². The SMILES string of the molecule is [B]CCC(O)CCC1CCCC(=O)N1Cc1cccc(OC)c1. The number of ether oxygens (including phenoxy) is 1. The van der Waals surface area contributed by atoms with Crippen molar-refractivity contribution in [1.82, 2.24) is 4.90 Å². The fraction of sp³-hybridized carbons (Fsp3) is 0.611. The van der Waals surface area contributed by atoms with Gasteiger partial charge in [0.05, 0.1) is 21.1 Å². The van der Waals surface area contributed by atoms with Crippen LogP contribution in [-0.2, 0) is 11.3 Å². The van der Waals surface area contributed by atoms with E-state index in [1.54, 1.807) is 7.11 Å². The molecule has 1 aromatic rings. The van der Waals surface area contributed by atoms with Crippen molar-refractivity contribution in [2.75, 3.05) is 7.11 Å². The van der Waals surface area contributed by atoms with Crippen molar-refractivity contribution >= 4 is 13.8 Å². The first-order valence-electron chi connectivity index (χ1n) is 8.44. The van der Waals surface area contributed by atoms with Crippen LogP contribution < -0.4 is 4.74 Å². The molecule has 1 N–H and O–H groups in total. The van der Waals surface area contributed by atoms with Gasteiger partial charge in [0.25, 0.3) is 0 Å². The van der Waals surface area contributed by atoms with Crippen LogP contribution in [0, 0.1) is 0 Å². The number of piperidine rings is 1. The van der Waals surface area contributed by atoms with Gasteiger partial charge >= 0.3 is 0 Å². The molecule has 124 valence electrons. The molecule has 1 fully saturated rings. The predicted octanol–water partition coefficient (Wildman–Crippen LogP) is 2.69. The van der Waals surface area contributed by atoms with E-state index < -0.39 is 0 Å². The molecule has 1 aromatic carbocycles. The normalized spacial score (nSPS) is 19.7. The van der Waals surface area contributed by atoms with Gasteiger partial charge in [-0.25, -0.2) is 0 Å². The zero-order chi connectivity index (χ0) is 16.7. The summed E-state index contributed by atoms with van der Waals surface area (Å²) < 4.78 is 5.26. The highest BCUT2D eigenvalue weighted by molar-refractivity contribution is 6.08. The summed E-state index contributed by atoms with van der Waals surface area (Å²) in [5.41, 5.74) is 1.08. The molecule has 1 heterocycles. The van der Waals surface area contributed by atoms with E-state index in [1.807, 2.05) is 29.2 Å². The fourth-order valence-electron chi connectivity index (χ4n) is 3.20. The van der Waals surface area contributed by atoms with Crippen LogP contribution in [0.15, 0.2) is 24.3 Å². The van der Waals surface area contributed by atoms with Crippen molar-refractivity contribution in [3.05, 3.63) is 29.8 Å². The highest BCUT2D eigenvalue weighted by Gasteiger charge is 2.28. The van der Waals surface area contributed by atoms with Crippen molar-refractivity contribution in [3.8, 4) is 5.75 Å². The summed E-state index contributed by atoms with van der Waals surface area (Å²) in [5, 5.41) is 9.89. The Bertz CT molecular complexity index is 509. The van der Waals surface area contributed by atoms with Crippen molar-refractivity contribution < 1.29 is 14.6 Å². The van der Waals surface area contributed by atoms with Gasteiger partial charge in [-0.1, -0.05) is 18.5 Å². The van der Waals surface area contributed by atoms with Gasteiger partial charge in [-0.3, -0.25) is 4.79 Å². The van der Waals surface area contributed by atoms with Gasteiger partial charge in [0.2, 0.25) is 5.91 Å². The van der Waals surface area contributed by atoms with Crippen molar-refractivity contribution in [2.45, 2.75) is 63.5 Å². The molecule has 2 atom stereocenters. The summed E-state index contributed by atoms with van der Waals surface area (Å²) in [4.78, 5) is 14.3. The standard InChI is InChI=1S/C18H26BNO3/c1-23-17-6-2-4-14(12-17)13-20-15(5-3-7-18(20)22)8-9-16(21)10-11-19/h2,4,6,12,15-16,21H,3,5,7-11,13H2,1H3. The molecule has 0 saturated carbocycles. The lowest BCUT2D eigenvalue weighted by molar-refractivity contribution is -0.137. The Balaban J connectivity index is 2.00. The molecule has 4 nitrogen and oxygen atoms in total. The third kappa shape index (κ3) is 5.27. The maximum atomic E-state index is 12.3. The Labute approximate surface area is 140 Å². The van der Waals surface area contributed by atoms with Crippen LogP contribution in [0.4, 0.5) is 0 Å². The molecule has 1 amide bonds. The quantitative estimate of drug-likeness (QED) is 0.751. The molecule has 2 rings (SSSR count). The number of likely N-dealkylation sites (tertiary alicyclic amines) is 1. The number of aliphatic hydroxyl groups excluding tert-OH is 1. The molecule has 23 heavy (non-hydrogen) atoms. The predicted molar refractivity (Wildman–Crippen MR) is 91.6 cm³/mol. The Morgan fingerprint density at radius 2 is 2.26 bits per heavy atom. The minimum absolute atomic E-state index is 0.204. The van der Waals surface area contributed by atoms with E-state index in [-0.39, 0.29) is 18.1 Å². The van der Waals surface area contributed by atoms with E-state index in [1.165, 1.54) is 0 Å². The van der Waals surface area contributed by atoms with E-state index in [9.17, 15) is 9.90 Å². The minimum atomic E-state index is -0.365. The second kappa shape index (κ2) is 8.97. The van der Waals surface area contributed by atoms with Crippen molar-refractivity contribution in [2.24, 2.45) is 0 Å². The van der Waals surface area contributed by atoms with Crippen LogP contribution in [-0.4, -0.2) is 43.0 Å². The molecule has 2 radical (unpaired) electrons. The number of carbonyl (C=O) groups is 1. The Morgan fingerprint density at radius 1 is 1.43 bits per heavy atom. The third-order valence-corrected chi connectivity index (χ3v) is 4.51. The average molecular weight is 315 g/mol. The third-order valence-electron chi connectivity index (χ3n) is 4.51. The number of aliphatic hydroxyl groups is 1. The zero-order valence-corrected chi connectivity index (χ0v) is 13.9. The molecular weight excluding hydrogens is 289 g/mol. The maximum Gasteiger partial charge on any atom is 0.223 e. The topological polar surface area (TPSA) is 49.8 Å². The lowest BCUT2D eigenvalue weighted by Crippen LogP contribution is -2.43. The van der Waals surface area contributed by atoms with Crippen LogP contribution in [0.2, 0.25) is 6.32 Å². The zero-order valence-electron chi connectivity index (χ0n) is 13.9. The van der Waals surface area contributed by atoms with Crippen molar-refractivity contribution in [1.29, 1.82) is 0 Å².